The van der Waals surface area contributed by atoms with Crippen molar-refractivity contribution in [3.8, 4) is 0 Å². The standard InChI is InChI=1S/C7H11IO4.H2O/c1-12-4-2-3(8)5(9)7(11)6(4)10;/h2,4-7,9-11H,1H3;1H2/t4-,5-,6+,7-;/m1./s1. The Balaban J connectivity index is 0.00000144. The lowest BCUT2D eigenvalue weighted by molar-refractivity contribution is -0.0986. The third-order valence-electron chi connectivity index (χ3n) is 1.89. The van der Waals surface area contributed by atoms with E-state index in [1.807, 2.05) is 22.6 Å². The normalized spacial score (nSPS) is 39.3. The molecule has 1 rings (SSSR count). The van der Waals surface area contributed by atoms with E-state index in [1.54, 1.807) is 6.08 Å². The maximum Gasteiger partial charge on any atom is 0.113 e. The minimum absolute atomic E-state index is 0. The number of aliphatic hydroxyl groups is 3. The van der Waals surface area contributed by atoms with Crippen LogP contribution in [0.1, 0.15) is 0 Å². The summed E-state index contributed by atoms with van der Waals surface area (Å²) in [4.78, 5) is 0. The first-order chi connectivity index (χ1) is 5.57. The molecule has 5 nitrogen and oxygen atoms in total. The van der Waals surface area contributed by atoms with Crippen LogP contribution >= 0.6 is 22.6 Å². The molecule has 6 heteroatoms. The molecule has 0 radical (unpaired) electrons. The molecular weight excluding hydrogens is 291 g/mol. The lowest BCUT2D eigenvalue weighted by atomic mass is 9.96. The SMILES string of the molecule is CO[C@@H]1C=C(I)[C@@H](O)[C@@H](O)[C@H]1O.O. The van der Waals surface area contributed by atoms with Crippen LogP contribution < -0.4 is 0 Å². The number of halogens is 1. The Hall–Kier alpha value is 0.270. The number of hydrogen-bond donors (Lipinski definition) is 3. The molecule has 0 aromatic heterocycles. The number of methoxy groups -OCH3 is 1. The minimum Gasteiger partial charge on any atom is -0.412 e. The van der Waals surface area contributed by atoms with Gasteiger partial charge in [0.1, 0.15) is 24.4 Å². The molecular formula is C7H13IO5. The first-order valence-corrected chi connectivity index (χ1v) is 4.60. The van der Waals surface area contributed by atoms with Gasteiger partial charge in [0.2, 0.25) is 0 Å². The highest BCUT2D eigenvalue weighted by Crippen LogP contribution is 2.25. The van der Waals surface area contributed by atoms with Gasteiger partial charge in [0, 0.05) is 10.7 Å². The smallest absolute Gasteiger partial charge is 0.113 e. The number of aliphatic hydroxyl groups excluding tert-OH is 3. The molecule has 0 aliphatic heterocycles. The fourth-order valence-electron chi connectivity index (χ4n) is 1.11. The summed E-state index contributed by atoms with van der Waals surface area (Å²) in [7, 11) is 1.44. The Morgan fingerprint density at radius 3 is 2.31 bits per heavy atom. The second-order valence-corrected chi connectivity index (χ2v) is 3.92. The van der Waals surface area contributed by atoms with Crippen LogP contribution in [-0.4, -0.2) is 52.3 Å². The van der Waals surface area contributed by atoms with E-state index >= 15 is 0 Å². The second-order valence-electron chi connectivity index (χ2n) is 2.68. The summed E-state index contributed by atoms with van der Waals surface area (Å²) < 4.78 is 5.48. The van der Waals surface area contributed by atoms with Gasteiger partial charge < -0.3 is 25.5 Å². The molecule has 0 saturated heterocycles. The van der Waals surface area contributed by atoms with E-state index in [4.69, 9.17) is 4.74 Å². The van der Waals surface area contributed by atoms with Crippen molar-refractivity contribution < 1.29 is 25.5 Å². The highest BCUT2D eigenvalue weighted by molar-refractivity contribution is 14.1. The molecule has 0 bridgehead atoms. The maximum atomic E-state index is 9.34. The van der Waals surface area contributed by atoms with Gasteiger partial charge in [0.15, 0.2) is 0 Å². The van der Waals surface area contributed by atoms with Gasteiger partial charge in [-0.15, -0.1) is 0 Å². The first-order valence-electron chi connectivity index (χ1n) is 3.52. The van der Waals surface area contributed by atoms with Crippen molar-refractivity contribution >= 4 is 22.6 Å². The topological polar surface area (TPSA) is 101 Å². The monoisotopic (exact) mass is 304 g/mol. The molecule has 1 aliphatic rings. The lowest BCUT2D eigenvalue weighted by Gasteiger charge is -2.31. The first kappa shape index (κ1) is 13.3. The van der Waals surface area contributed by atoms with Crippen LogP contribution in [0, 0.1) is 0 Å². The Morgan fingerprint density at radius 1 is 1.31 bits per heavy atom. The quantitative estimate of drug-likeness (QED) is 0.518. The highest BCUT2D eigenvalue weighted by Gasteiger charge is 2.36. The van der Waals surface area contributed by atoms with Gasteiger partial charge in [0.25, 0.3) is 0 Å². The van der Waals surface area contributed by atoms with Gasteiger partial charge in [-0.05, 0) is 28.7 Å². The molecule has 0 aromatic rings. The zero-order valence-corrected chi connectivity index (χ0v) is 9.17. The van der Waals surface area contributed by atoms with Crippen LogP contribution in [0.15, 0.2) is 9.66 Å². The molecule has 13 heavy (non-hydrogen) atoms. The third-order valence-corrected chi connectivity index (χ3v) is 2.89. The Morgan fingerprint density at radius 2 is 1.85 bits per heavy atom. The Labute approximate surface area is 89.5 Å². The molecule has 5 N–H and O–H groups in total. The summed E-state index contributed by atoms with van der Waals surface area (Å²) >= 11 is 1.91. The van der Waals surface area contributed by atoms with Crippen LogP contribution in [0.25, 0.3) is 0 Å². The fourth-order valence-corrected chi connectivity index (χ4v) is 1.83. The Kier molecular flexibility index (Phi) is 5.33. The van der Waals surface area contributed by atoms with E-state index in [0.717, 1.165) is 0 Å². The van der Waals surface area contributed by atoms with E-state index in [9.17, 15) is 15.3 Å². The van der Waals surface area contributed by atoms with Gasteiger partial charge in [-0.25, -0.2) is 0 Å². The van der Waals surface area contributed by atoms with Gasteiger partial charge in [0.05, 0.1) is 0 Å². The van der Waals surface area contributed by atoms with E-state index < -0.39 is 24.4 Å². The predicted molar refractivity (Wildman–Crippen MR) is 54.5 cm³/mol. The molecule has 78 valence electrons. The summed E-state index contributed by atoms with van der Waals surface area (Å²) in [5.74, 6) is 0. The van der Waals surface area contributed by atoms with Crippen molar-refractivity contribution in [2.24, 2.45) is 0 Å². The van der Waals surface area contributed by atoms with Crippen LogP contribution in [0.5, 0.6) is 0 Å². The molecule has 1 aliphatic carbocycles. The van der Waals surface area contributed by atoms with Crippen molar-refractivity contribution in [1.82, 2.24) is 0 Å². The maximum absolute atomic E-state index is 9.34. The molecule has 0 aromatic carbocycles. The second kappa shape index (κ2) is 5.23. The van der Waals surface area contributed by atoms with Crippen molar-refractivity contribution in [2.75, 3.05) is 7.11 Å². The van der Waals surface area contributed by atoms with Gasteiger partial charge in [-0.3, -0.25) is 0 Å². The van der Waals surface area contributed by atoms with Crippen LogP contribution in [0.2, 0.25) is 0 Å². The minimum atomic E-state index is -1.16. The van der Waals surface area contributed by atoms with Crippen molar-refractivity contribution in [2.45, 2.75) is 24.4 Å². The zero-order chi connectivity index (χ0) is 9.30. The van der Waals surface area contributed by atoms with Crippen LogP contribution in [0.3, 0.4) is 0 Å². The summed E-state index contributed by atoms with van der Waals surface area (Å²) in [5, 5.41) is 27.9. The van der Waals surface area contributed by atoms with E-state index in [1.165, 1.54) is 7.11 Å². The van der Waals surface area contributed by atoms with Crippen molar-refractivity contribution in [1.29, 1.82) is 0 Å². The van der Waals surface area contributed by atoms with Gasteiger partial charge in [-0.1, -0.05) is 0 Å². The fraction of sp³-hybridized carbons (Fsp3) is 0.714. The largest absolute Gasteiger partial charge is 0.412 e. The molecule has 0 unspecified atom stereocenters. The molecule has 0 saturated carbocycles. The zero-order valence-electron chi connectivity index (χ0n) is 7.01. The van der Waals surface area contributed by atoms with Gasteiger partial charge in [-0.2, -0.15) is 0 Å². The van der Waals surface area contributed by atoms with E-state index in [0.29, 0.717) is 3.58 Å². The predicted octanol–water partition coefficient (Wildman–Crippen LogP) is -1.41. The number of hydrogen-bond acceptors (Lipinski definition) is 4. The summed E-state index contributed by atoms with van der Waals surface area (Å²) in [6, 6.07) is 0. The van der Waals surface area contributed by atoms with Crippen molar-refractivity contribution in [3.05, 3.63) is 9.66 Å². The summed E-state index contributed by atoms with van der Waals surface area (Å²) in [5.41, 5.74) is 0. The number of ether oxygens (including phenoxy) is 1. The number of rotatable bonds is 1. The third kappa shape index (κ3) is 2.61. The van der Waals surface area contributed by atoms with E-state index in [2.05, 4.69) is 0 Å². The molecule has 0 spiro atoms. The Bertz CT molecular complexity index is 195. The molecule has 4 atom stereocenters. The van der Waals surface area contributed by atoms with Gasteiger partial charge >= 0.3 is 0 Å². The highest BCUT2D eigenvalue weighted by atomic mass is 127. The van der Waals surface area contributed by atoms with E-state index in [-0.39, 0.29) is 5.48 Å². The molecule has 0 amide bonds. The summed E-state index contributed by atoms with van der Waals surface area (Å²) in [6.45, 7) is 0. The van der Waals surface area contributed by atoms with Crippen LogP contribution in [0.4, 0.5) is 0 Å². The lowest BCUT2D eigenvalue weighted by Crippen LogP contribution is -2.48. The van der Waals surface area contributed by atoms with Crippen molar-refractivity contribution in [3.63, 3.8) is 0 Å². The molecule has 0 fully saturated rings. The van der Waals surface area contributed by atoms with Crippen LogP contribution in [-0.2, 0) is 4.74 Å². The average Bonchev–Trinajstić information content (AvgIpc) is 2.08. The average molecular weight is 304 g/mol. The molecule has 0 heterocycles. The summed E-state index contributed by atoms with van der Waals surface area (Å²) in [6.07, 6.45) is -2.14.